The highest BCUT2D eigenvalue weighted by Gasteiger charge is 2.17. The van der Waals surface area contributed by atoms with E-state index in [-0.39, 0.29) is 0 Å². The Balaban J connectivity index is 2.14. The predicted octanol–water partition coefficient (Wildman–Crippen LogP) is 3.53. The summed E-state index contributed by atoms with van der Waals surface area (Å²) in [6.45, 7) is 5.96. The van der Waals surface area contributed by atoms with Gasteiger partial charge in [-0.15, -0.1) is 5.10 Å². The van der Waals surface area contributed by atoms with Crippen LogP contribution in [0.4, 0.5) is 0 Å². The number of aryl methyl sites for hydroxylation is 2. The molecule has 24 heavy (non-hydrogen) atoms. The van der Waals surface area contributed by atoms with Crippen LogP contribution < -0.4 is 4.74 Å². The highest BCUT2D eigenvalue weighted by molar-refractivity contribution is 5.82. The topological polar surface area (TPSA) is 70.2 Å². The first kappa shape index (κ1) is 16.0. The molecular formula is C18H19N3O3. The van der Waals surface area contributed by atoms with Crippen LogP contribution in [0.15, 0.2) is 28.8 Å². The summed E-state index contributed by atoms with van der Waals surface area (Å²) >= 11 is 0. The average molecular weight is 325 g/mol. The predicted molar refractivity (Wildman–Crippen MR) is 89.9 cm³/mol. The van der Waals surface area contributed by atoms with Crippen LogP contribution >= 0.6 is 0 Å². The number of hydrogen-bond acceptors (Lipinski definition) is 5. The third-order valence-corrected chi connectivity index (χ3v) is 3.99. The van der Waals surface area contributed by atoms with Gasteiger partial charge in [0.25, 0.3) is 0 Å². The van der Waals surface area contributed by atoms with Crippen molar-refractivity contribution in [2.24, 2.45) is 0 Å². The van der Waals surface area contributed by atoms with Crippen molar-refractivity contribution in [3.05, 3.63) is 47.1 Å². The van der Waals surface area contributed by atoms with E-state index >= 15 is 0 Å². The van der Waals surface area contributed by atoms with Gasteiger partial charge in [0.1, 0.15) is 12.0 Å². The summed E-state index contributed by atoms with van der Waals surface area (Å²) in [5.41, 5.74) is 4.52. The number of methoxy groups -OCH3 is 1. The smallest absolute Gasteiger partial charge is 0.326 e. The van der Waals surface area contributed by atoms with E-state index in [1.165, 1.54) is 0 Å². The van der Waals surface area contributed by atoms with Crippen molar-refractivity contribution in [3.8, 4) is 22.9 Å². The Hall–Kier alpha value is -2.89. The number of rotatable bonds is 5. The van der Waals surface area contributed by atoms with Crippen LogP contribution in [-0.2, 0) is 6.42 Å². The van der Waals surface area contributed by atoms with Crippen LogP contribution in [0.3, 0.4) is 0 Å². The van der Waals surface area contributed by atoms with E-state index in [2.05, 4.69) is 10.2 Å². The van der Waals surface area contributed by atoms with Crippen molar-refractivity contribution in [1.29, 1.82) is 0 Å². The van der Waals surface area contributed by atoms with E-state index in [1.807, 2.05) is 43.7 Å². The molecule has 0 bridgehead atoms. The van der Waals surface area contributed by atoms with Gasteiger partial charge in [0.2, 0.25) is 5.89 Å². The average Bonchev–Trinajstić information content (AvgIpc) is 3.18. The summed E-state index contributed by atoms with van der Waals surface area (Å²) in [6, 6.07) is 5.92. The summed E-state index contributed by atoms with van der Waals surface area (Å²) in [4.78, 5) is 11.2. The highest BCUT2D eigenvalue weighted by Crippen LogP contribution is 2.33. The molecule has 124 valence electrons. The molecule has 0 radical (unpaired) electrons. The maximum atomic E-state index is 11.2. The van der Waals surface area contributed by atoms with E-state index in [0.29, 0.717) is 29.6 Å². The van der Waals surface area contributed by atoms with Gasteiger partial charge in [-0.2, -0.15) is 0 Å². The number of aromatic nitrogens is 3. The molecule has 0 aliphatic heterocycles. The number of aldehydes is 1. The van der Waals surface area contributed by atoms with Gasteiger partial charge in [-0.05, 0) is 43.2 Å². The van der Waals surface area contributed by atoms with E-state index < -0.39 is 0 Å². The van der Waals surface area contributed by atoms with E-state index in [4.69, 9.17) is 9.15 Å². The quantitative estimate of drug-likeness (QED) is 0.671. The number of carbonyl (C=O) groups is 1. The molecule has 0 saturated carbocycles. The number of benzene rings is 1. The van der Waals surface area contributed by atoms with Gasteiger partial charge >= 0.3 is 6.01 Å². The Morgan fingerprint density at radius 1 is 1.25 bits per heavy atom. The van der Waals surface area contributed by atoms with Crippen LogP contribution in [-0.4, -0.2) is 28.2 Å². The zero-order valence-electron chi connectivity index (χ0n) is 14.2. The first-order valence-corrected chi connectivity index (χ1v) is 7.73. The van der Waals surface area contributed by atoms with Crippen LogP contribution in [0.1, 0.15) is 34.4 Å². The molecule has 0 atom stereocenters. The fraction of sp³-hybridized carbons (Fsp3) is 0.278. The molecule has 0 fully saturated rings. The molecule has 0 amide bonds. The van der Waals surface area contributed by atoms with Crippen LogP contribution in [0.5, 0.6) is 5.75 Å². The summed E-state index contributed by atoms with van der Waals surface area (Å²) < 4.78 is 12.8. The molecule has 6 nitrogen and oxygen atoms in total. The SMILES string of the molecule is CCc1nnc(-n2cc(C)c(-c3cc(C=O)cc(OC)c3)c2C)o1. The second-order valence-corrected chi connectivity index (χ2v) is 5.59. The minimum Gasteiger partial charge on any atom is -0.497 e. The van der Waals surface area contributed by atoms with Gasteiger partial charge in [-0.1, -0.05) is 12.0 Å². The molecular weight excluding hydrogens is 306 g/mol. The fourth-order valence-corrected chi connectivity index (χ4v) is 2.83. The van der Waals surface area contributed by atoms with Crippen molar-refractivity contribution in [2.45, 2.75) is 27.2 Å². The molecule has 2 heterocycles. The first-order chi connectivity index (χ1) is 11.6. The maximum absolute atomic E-state index is 11.2. The lowest BCUT2D eigenvalue weighted by atomic mass is 10.0. The molecule has 6 heteroatoms. The van der Waals surface area contributed by atoms with Gasteiger partial charge in [-0.25, -0.2) is 0 Å². The summed E-state index contributed by atoms with van der Waals surface area (Å²) in [6.07, 6.45) is 3.47. The number of carbonyl (C=O) groups excluding carboxylic acids is 1. The lowest BCUT2D eigenvalue weighted by molar-refractivity contribution is 0.112. The lowest BCUT2D eigenvalue weighted by Gasteiger charge is -2.08. The third-order valence-electron chi connectivity index (χ3n) is 3.99. The lowest BCUT2D eigenvalue weighted by Crippen LogP contribution is -1.96. The Kier molecular flexibility index (Phi) is 4.20. The van der Waals surface area contributed by atoms with Crippen molar-refractivity contribution in [1.82, 2.24) is 14.8 Å². The molecule has 0 N–H and O–H groups in total. The van der Waals surface area contributed by atoms with Crippen LogP contribution in [0.25, 0.3) is 17.1 Å². The zero-order valence-corrected chi connectivity index (χ0v) is 14.2. The van der Waals surface area contributed by atoms with Gasteiger partial charge in [0, 0.05) is 29.4 Å². The first-order valence-electron chi connectivity index (χ1n) is 7.73. The highest BCUT2D eigenvalue weighted by atomic mass is 16.5. The monoisotopic (exact) mass is 325 g/mol. The van der Waals surface area contributed by atoms with E-state index in [1.54, 1.807) is 13.2 Å². The van der Waals surface area contributed by atoms with Crippen LogP contribution in [0.2, 0.25) is 0 Å². The number of hydrogen-bond donors (Lipinski definition) is 0. The van der Waals surface area contributed by atoms with Gasteiger partial charge in [-0.3, -0.25) is 9.36 Å². The number of ether oxygens (including phenoxy) is 1. The van der Waals surface area contributed by atoms with Crippen molar-refractivity contribution in [2.75, 3.05) is 7.11 Å². The van der Waals surface area contributed by atoms with Crippen LogP contribution in [0, 0.1) is 13.8 Å². The maximum Gasteiger partial charge on any atom is 0.326 e. The minimum atomic E-state index is 0.442. The minimum absolute atomic E-state index is 0.442. The molecule has 3 aromatic rings. The molecule has 2 aromatic heterocycles. The third kappa shape index (κ3) is 2.71. The summed E-state index contributed by atoms with van der Waals surface area (Å²) in [5, 5.41) is 8.11. The normalized spacial score (nSPS) is 10.8. The Morgan fingerprint density at radius 3 is 2.67 bits per heavy atom. The second kappa shape index (κ2) is 6.31. The summed E-state index contributed by atoms with van der Waals surface area (Å²) in [5.74, 6) is 1.24. The Labute approximate surface area is 140 Å². The fourth-order valence-electron chi connectivity index (χ4n) is 2.83. The molecule has 0 aliphatic rings. The van der Waals surface area contributed by atoms with E-state index in [9.17, 15) is 4.79 Å². The van der Waals surface area contributed by atoms with Crippen molar-refractivity contribution < 1.29 is 13.9 Å². The Morgan fingerprint density at radius 2 is 2.04 bits per heavy atom. The van der Waals surface area contributed by atoms with Gasteiger partial charge in [0.05, 0.1) is 7.11 Å². The van der Waals surface area contributed by atoms with Gasteiger partial charge in [0.15, 0.2) is 0 Å². The van der Waals surface area contributed by atoms with Gasteiger partial charge < -0.3 is 9.15 Å². The molecule has 0 saturated heterocycles. The van der Waals surface area contributed by atoms with E-state index in [0.717, 1.165) is 28.7 Å². The van der Waals surface area contributed by atoms with Crippen molar-refractivity contribution >= 4 is 6.29 Å². The number of nitrogens with zero attached hydrogens (tertiary/aromatic N) is 3. The van der Waals surface area contributed by atoms with Crippen molar-refractivity contribution in [3.63, 3.8) is 0 Å². The molecule has 3 rings (SSSR count). The largest absolute Gasteiger partial charge is 0.497 e. The molecule has 0 spiro atoms. The summed E-state index contributed by atoms with van der Waals surface area (Å²) in [7, 11) is 1.59. The second-order valence-electron chi connectivity index (χ2n) is 5.59. The zero-order chi connectivity index (χ0) is 17.3. The molecule has 0 aliphatic carbocycles. The molecule has 0 unspecified atom stereocenters. The Bertz CT molecular complexity index is 893. The molecule has 1 aromatic carbocycles. The standard InChI is InChI=1S/C18H19N3O3/c1-5-16-19-20-18(24-16)21-9-11(2)17(12(21)3)14-6-13(10-22)7-15(8-14)23-4/h6-10H,5H2,1-4H3.